The van der Waals surface area contributed by atoms with E-state index in [4.69, 9.17) is 4.74 Å². The molecule has 2 fully saturated rings. The van der Waals surface area contributed by atoms with Crippen LogP contribution in [0.25, 0.3) is 0 Å². The molecule has 3 nitrogen and oxygen atoms in total. The Morgan fingerprint density at radius 2 is 1.84 bits per heavy atom. The third-order valence-electron chi connectivity index (χ3n) is 5.16. The third-order valence-corrected chi connectivity index (χ3v) is 5.16. The predicted molar refractivity (Wildman–Crippen MR) is 80.4 cm³/mol. The van der Waals surface area contributed by atoms with Crippen LogP contribution in [0.4, 0.5) is 0 Å². The molecule has 0 amide bonds. The zero-order valence-corrected chi connectivity index (χ0v) is 13.2. The van der Waals surface area contributed by atoms with Crippen molar-refractivity contribution < 1.29 is 4.74 Å². The van der Waals surface area contributed by atoms with Gasteiger partial charge in [-0.1, -0.05) is 19.8 Å². The van der Waals surface area contributed by atoms with Crippen LogP contribution in [-0.4, -0.2) is 49.8 Å². The fraction of sp³-hybridized carbons (Fsp3) is 1.00. The number of hydrogen-bond acceptors (Lipinski definition) is 3. The maximum Gasteiger partial charge on any atom is 0.0857 e. The average molecular weight is 268 g/mol. The maximum atomic E-state index is 6.09. The molecule has 1 N–H and O–H groups in total. The Kier molecular flexibility index (Phi) is 5.67. The van der Waals surface area contributed by atoms with Gasteiger partial charge in [0.25, 0.3) is 0 Å². The van der Waals surface area contributed by atoms with Gasteiger partial charge in [-0.3, -0.25) is 4.90 Å². The van der Waals surface area contributed by atoms with Crippen molar-refractivity contribution in [3.05, 3.63) is 0 Å². The molecule has 0 aromatic heterocycles. The first-order valence-corrected chi connectivity index (χ1v) is 8.14. The highest BCUT2D eigenvalue weighted by Crippen LogP contribution is 2.32. The standard InChI is InChI=1S/C16H32N2O/c1-12(2)18-9-10-19-15(11-18)16(17-4)14-7-5-13(3)6-8-14/h12-17H,5-11H2,1-4H3. The Balaban J connectivity index is 1.93. The van der Waals surface area contributed by atoms with E-state index in [-0.39, 0.29) is 0 Å². The van der Waals surface area contributed by atoms with Gasteiger partial charge in [0, 0.05) is 25.2 Å². The van der Waals surface area contributed by atoms with Crippen LogP contribution in [0.5, 0.6) is 0 Å². The van der Waals surface area contributed by atoms with Gasteiger partial charge in [0.1, 0.15) is 0 Å². The summed E-state index contributed by atoms with van der Waals surface area (Å²) in [6.45, 7) is 10.0. The summed E-state index contributed by atoms with van der Waals surface area (Å²) in [5.41, 5.74) is 0. The molecule has 2 unspecified atom stereocenters. The fourth-order valence-electron chi connectivity index (χ4n) is 3.75. The van der Waals surface area contributed by atoms with Gasteiger partial charge in [-0.15, -0.1) is 0 Å². The highest BCUT2D eigenvalue weighted by Gasteiger charge is 2.34. The lowest BCUT2D eigenvalue weighted by Crippen LogP contribution is -2.55. The number of hydrogen-bond donors (Lipinski definition) is 1. The van der Waals surface area contributed by atoms with Crippen LogP contribution < -0.4 is 5.32 Å². The highest BCUT2D eigenvalue weighted by molar-refractivity contribution is 4.89. The van der Waals surface area contributed by atoms with Crippen LogP contribution in [0, 0.1) is 11.8 Å². The second-order valence-corrected chi connectivity index (χ2v) is 6.83. The van der Waals surface area contributed by atoms with Crippen molar-refractivity contribution in [3.8, 4) is 0 Å². The van der Waals surface area contributed by atoms with Crippen molar-refractivity contribution >= 4 is 0 Å². The lowest BCUT2D eigenvalue weighted by atomic mass is 9.77. The quantitative estimate of drug-likeness (QED) is 0.848. The van der Waals surface area contributed by atoms with Crippen LogP contribution in [-0.2, 0) is 4.74 Å². The first-order valence-electron chi connectivity index (χ1n) is 8.14. The van der Waals surface area contributed by atoms with Crippen molar-refractivity contribution in [3.63, 3.8) is 0 Å². The predicted octanol–water partition coefficient (Wildman–Crippen LogP) is 2.51. The Hall–Kier alpha value is -0.120. The monoisotopic (exact) mass is 268 g/mol. The van der Waals surface area contributed by atoms with E-state index in [0.29, 0.717) is 18.2 Å². The largest absolute Gasteiger partial charge is 0.374 e. The number of ether oxygens (including phenoxy) is 1. The summed E-state index contributed by atoms with van der Waals surface area (Å²) in [5, 5.41) is 3.56. The van der Waals surface area contributed by atoms with Crippen molar-refractivity contribution in [2.24, 2.45) is 11.8 Å². The van der Waals surface area contributed by atoms with E-state index in [1.807, 2.05) is 0 Å². The number of rotatable bonds is 4. The summed E-state index contributed by atoms with van der Waals surface area (Å²) in [5.74, 6) is 1.73. The summed E-state index contributed by atoms with van der Waals surface area (Å²) in [7, 11) is 2.11. The number of nitrogens with zero attached hydrogens (tertiary/aromatic N) is 1. The van der Waals surface area contributed by atoms with Gasteiger partial charge < -0.3 is 10.1 Å². The van der Waals surface area contributed by atoms with E-state index in [1.54, 1.807) is 0 Å². The lowest BCUT2D eigenvalue weighted by molar-refractivity contribution is -0.0668. The zero-order valence-electron chi connectivity index (χ0n) is 13.2. The normalized spacial score (nSPS) is 35.5. The Labute approximate surface area is 119 Å². The molecule has 0 aromatic rings. The number of morpholine rings is 1. The molecule has 1 saturated heterocycles. The van der Waals surface area contributed by atoms with Crippen LogP contribution in [0.1, 0.15) is 46.5 Å². The van der Waals surface area contributed by atoms with Gasteiger partial charge in [0.2, 0.25) is 0 Å². The molecule has 2 aliphatic rings. The van der Waals surface area contributed by atoms with Crippen LogP contribution in [0.3, 0.4) is 0 Å². The van der Waals surface area contributed by atoms with Crippen LogP contribution >= 0.6 is 0 Å². The smallest absolute Gasteiger partial charge is 0.0857 e. The van der Waals surface area contributed by atoms with E-state index in [9.17, 15) is 0 Å². The number of nitrogens with one attached hydrogen (secondary N) is 1. The van der Waals surface area contributed by atoms with Crippen molar-refractivity contribution in [1.82, 2.24) is 10.2 Å². The van der Waals surface area contributed by atoms with Gasteiger partial charge >= 0.3 is 0 Å². The molecule has 2 atom stereocenters. The van der Waals surface area contributed by atoms with Crippen molar-refractivity contribution in [1.29, 1.82) is 0 Å². The Morgan fingerprint density at radius 1 is 1.16 bits per heavy atom. The van der Waals surface area contributed by atoms with E-state index in [0.717, 1.165) is 31.5 Å². The van der Waals surface area contributed by atoms with Gasteiger partial charge in [0.05, 0.1) is 12.7 Å². The topological polar surface area (TPSA) is 24.5 Å². The SMILES string of the molecule is CNC(C1CCC(C)CC1)C1CN(C(C)C)CCO1. The summed E-state index contributed by atoms with van der Waals surface area (Å²) in [6, 6.07) is 1.17. The summed E-state index contributed by atoms with van der Waals surface area (Å²) in [4.78, 5) is 2.56. The molecule has 0 spiro atoms. The second kappa shape index (κ2) is 7.05. The van der Waals surface area contributed by atoms with E-state index in [1.165, 1.54) is 25.7 Å². The summed E-state index contributed by atoms with van der Waals surface area (Å²) < 4.78 is 6.09. The molecule has 19 heavy (non-hydrogen) atoms. The van der Waals surface area contributed by atoms with E-state index >= 15 is 0 Å². The molecular weight excluding hydrogens is 236 g/mol. The molecule has 1 saturated carbocycles. The van der Waals surface area contributed by atoms with E-state index < -0.39 is 0 Å². The first kappa shape index (κ1) is 15.3. The Morgan fingerprint density at radius 3 is 2.42 bits per heavy atom. The van der Waals surface area contributed by atoms with Gasteiger partial charge in [-0.25, -0.2) is 0 Å². The maximum absolute atomic E-state index is 6.09. The van der Waals surface area contributed by atoms with Crippen molar-refractivity contribution in [2.45, 2.75) is 64.6 Å². The van der Waals surface area contributed by atoms with Gasteiger partial charge in [0.15, 0.2) is 0 Å². The minimum atomic E-state index is 0.375. The van der Waals surface area contributed by atoms with Crippen molar-refractivity contribution in [2.75, 3.05) is 26.7 Å². The molecule has 0 bridgehead atoms. The fourth-order valence-corrected chi connectivity index (χ4v) is 3.75. The second-order valence-electron chi connectivity index (χ2n) is 6.83. The molecule has 3 heteroatoms. The van der Waals surface area contributed by atoms with Gasteiger partial charge in [-0.2, -0.15) is 0 Å². The average Bonchev–Trinajstić information content (AvgIpc) is 2.42. The molecule has 1 aliphatic carbocycles. The molecular formula is C16H32N2O. The molecule has 112 valence electrons. The Bertz CT molecular complexity index is 261. The zero-order chi connectivity index (χ0) is 13.8. The number of likely N-dealkylation sites (N-methyl/N-ethyl adjacent to an activating group) is 1. The first-order chi connectivity index (χ1) is 9.11. The van der Waals surface area contributed by atoms with Crippen LogP contribution in [0.15, 0.2) is 0 Å². The molecule has 0 aromatic carbocycles. The minimum absolute atomic E-state index is 0.375. The van der Waals surface area contributed by atoms with Crippen LogP contribution in [0.2, 0.25) is 0 Å². The lowest BCUT2D eigenvalue weighted by Gasteiger charge is -2.42. The molecule has 2 rings (SSSR count). The molecule has 1 heterocycles. The minimum Gasteiger partial charge on any atom is -0.374 e. The van der Waals surface area contributed by atoms with Gasteiger partial charge in [-0.05, 0) is 45.6 Å². The summed E-state index contributed by atoms with van der Waals surface area (Å²) >= 11 is 0. The summed E-state index contributed by atoms with van der Waals surface area (Å²) in [6.07, 6.45) is 5.90. The highest BCUT2D eigenvalue weighted by atomic mass is 16.5. The van der Waals surface area contributed by atoms with E-state index in [2.05, 4.69) is 38.0 Å². The third kappa shape index (κ3) is 3.93. The molecule has 0 radical (unpaired) electrons. The molecule has 1 aliphatic heterocycles.